The van der Waals surface area contributed by atoms with Gasteiger partial charge in [0, 0.05) is 12.6 Å². The van der Waals surface area contributed by atoms with E-state index in [-0.39, 0.29) is 0 Å². The number of nitrogens with one attached hydrogen (secondary N) is 1. The maximum absolute atomic E-state index is 3.73. The number of rotatable bonds is 4. The van der Waals surface area contributed by atoms with Crippen LogP contribution in [-0.4, -0.2) is 31.1 Å². The van der Waals surface area contributed by atoms with E-state index in [1.54, 1.807) is 5.56 Å². The van der Waals surface area contributed by atoms with Crippen LogP contribution in [0, 0.1) is 5.41 Å². The van der Waals surface area contributed by atoms with Crippen molar-refractivity contribution in [3.8, 4) is 0 Å². The first kappa shape index (κ1) is 15.1. The molecule has 1 unspecified atom stereocenters. The van der Waals surface area contributed by atoms with Gasteiger partial charge in [-0.2, -0.15) is 0 Å². The molecule has 21 heavy (non-hydrogen) atoms. The van der Waals surface area contributed by atoms with Crippen LogP contribution in [0.2, 0.25) is 0 Å². The molecule has 1 fully saturated rings. The zero-order valence-electron chi connectivity index (χ0n) is 13.7. The quantitative estimate of drug-likeness (QED) is 0.906. The molecule has 0 amide bonds. The number of likely N-dealkylation sites (tertiary alicyclic amines) is 1. The third kappa shape index (κ3) is 3.17. The Kier molecular flexibility index (Phi) is 4.66. The first-order valence-corrected chi connectivity index (χ1v) is 8.80. The topological polar surface area (TPSA) is 15.3 Å². The third-order valence-electron chi connectivity index (χ3n) is 6.07. The van der Waals surface area contributed by atoms with Gasteiger partial charge in [-0.1, -0.05) is 51.0 Å². The number of benzene rings is 1. The van der Waals surface area contributed by atoms with E-state index >= 15 is 0 Å². The van der Waals surface area contributed by atoms with Gasteiger partial charge in [0.1, 0.15) is 0 Å². The number of fused-ring (bicyclic) bond motifs is 1. The molecule has 1 aromatic carbocycles. The fourth-order valence-corrected chi connectivity index (χ4v) is 4.18. The molecule has 0 aliphatic carbocycles. The van der Waals surface area contributed by atoms with Crippen molar-refractivity contribution in [1.29, 1.82) is 0 Å². The second-order valence-corrected chi connectivity index (χ2v) is 6.96. The van der Waals surface area contributed by atoms with Crippen molar-refractivity contribution in [2.24, 2.45) is 5.41 Å². The summed E-state index contributed by atoms with van der Waals surface area (Å²) in [5.74, 6) is 0. The molecule has 2 aliphatic heterocycles. The Morgan fingerprint density at radius 3 is 2.57 bits per heavy atom. The minimum atomic E-state index is 0.533. The molecule has 2 heteroatoms. The molecule has 1 aromatic rings. The second-order valence-electron chi connectivity index (χ2n) is 6.96. The number of hydrogen-bond acceptors (Lipinski definition) is 2. The smallest absolute Gasteiger partial charge is 0.0452 e. The average molecular weight is 286 g/mol. The summed E-state index contributed by atoms with van der Waals surface area (Å²) in [6, 6.07) is 9.52. The Morgan fingerprint density at radius 1 is 1.14 bits per heavy atom. The van der Waals surface area contributed by atoms with Crippen LogP contribution in [0.5, 0.6) is 0 Å². The van der Waals surface area contributed by atoms with Gasteiger partial charge in [-0.25, -0.2) is 0 Å². The normalized spacial score (nSPS) is 25.5. The van der Waals surface area contributed by atoms with Gasteiger partial charge < -0.3 is 10.2 Å². The Bertz CT molecular complexity index is 454. The zero-order chi connectivity index (χ0) is 14.7. The Morgan fingerprint density at radius 2 is 1.86 bits per heavy atom. The highest BCUT2D eigenvalue weighted by molar-refractivity contribution is 5.32. The Hall–Kier alpha value is -0.860. The zero-order valence-corrected chi connectivity index (χ0v) is 13.7. The molecule has 0 bridgehead atoms. The van der Waals surface area contributed by atoms with Crippen LogP contribution in [0.1, 0.15) is 56.7 Å². The largest absolute Gasteiger partial charge is 0.309 e. The molecule has 2 heterocycles. The van der Waals surface area contributed by atoms with Crippen LogP contribution in [0.4, 0.5) is 0 Å². The lowest BCUT2D eigenvalue weighted by Crippen LogP contribution is -2.44. The van der Waals surface area contributed by atoms with Gasteiger partial charge in [0.2, 0.25) is 0 Å². The molecular weight excluding hydrogens is 256 g/mol. The summed E-state index contributed by atoms with van der Waals surface area (Å²) in [7, 11) is 0. The molecule has 0 spiro atoms. The maximum Gasteiger partial charge on any atom is 0.0452 e. The average Bonchev–Trinajstić information content (AvgIpc) is 2.56. The summed E-state index contributed by atoms with van der Waals surface area (Å²) in [6.07, 6.45) is 6.65. The van der Waals surface area contributed by atoms with Crippen molar-refractivity contribution in [3.63, 3.8) is 0 Å². The van der Waals surface area contributed by atoms with Crippen molar-refractivity contribution in [1.82, 2.24) is 10.2 Å². The van der Waals surface area contributed by atoms with Crippen molar-refractivity contribution >= 4 is 0 Å². The highest BCUT2D eigenvalue weighted by atomic mass is 15.2. The monoisotopic (exact) mass is 286 g/mol. The molecule has 2 nitrogen and oxygen atoms in total. The van der Waals surface area contributed by atoms with Gasteiger partial charge in [-0.05, 0) is 55.4 Å². The Labute approximate surface area is 129 Å². The van der Waals surface area contributed by atoms with E-state index in [9.17, 15) is 0 Å². The lowest BCUT2D eigenvalue weighted by Gasteiger charge is -2.42. The second kappa shape index (κ2) is 6.50. The summed E-state index contributed by atoms with van der Waals surface area (Å²) in [4.78, 5) is 2.68. The molecule has 3 rings (SSSR count). The van der Waals surface area contributed by atoms with Gasteiger partial charge >= 0.3 is 0 Å². The summed E-state index contributed by atoms with van der Waals surface area (Å²) in [5.41, 5.74) is 3.72. The minimum absolute atomic E-state index is 0.533. The summed E-state index contributed by atoms with van der Waals surface area (Å²) in [5, 5.41) is 3.73. The molecule has 2 aliphatic rings. The fourth-order valence-electron chi connectivity index (χ4n) is 4.18. The SMILES string of the molecule is CCC1(CC)CCN(CC2NCCc3ccccc32)CC1. The predicted octanol–water partition coefficient (Wildman–Crippen LogP) is 3.78. The molecule has 116 valence electrons. The van der Waals surface area contributed by atoms with E-state index in [1.165, 1.54) is 57.3 Å². The highest BCUT2D eigenvalue weighted by Gasteiger charge is 2.32. The standard InChI is InChI=1S/C19H30N2/c1-3-19(4-2)10-13-21(14-11-19)15-18-17-8-6-5-7-16(17)9-12-20-18/h5-8,18,20H,3-4,9-15H2,1-2H3. The summed E-state index contributed by atoms with van der Waals surface area (Å²) >= 11 is 0. The number of nitrogens with zero attached hydrogens (tertiary/aromatic N) is 1. The predicted molar refractivity (Wildman–Crippen MR) is 89.6 cm³/mol. The van der Waals surface area contributed by atoms with E-state index in [0.29, 0.717) is 11.5 Å². The lowest BCUT2D eigenvalue weighted by molar-refractivity contribution is 0.0879. The third-order valence-corrected chi connectivity index (χ3v) is 6.07. The van der Waals surface area contributed by atoms with Gasteiger partial charge in [-0.3, -0.25) is 0 Å². The van der Waals surface area contributed by atoms with Crippen molar-refractivity contribution in [3.05, 3.63) is 35.4 Å². The molecule has 1 atom stereocenters. The van der Waals surface area contributed by atoms with Crippen LogP contribution in [-0.2, 0) is 6.42 Å². The first-order valence-electron chi connectivity index (χ1n) is 8.80. The fraction of sp³-hybridized carbons (Fsp3) is 0.684. The number of piperidine rings is 1. The molecule has 0 aromatic heterocycles. The van der Waals surface area contributed by atoms with Crippen LogP contribution in [0.3, 0.4) is 0 Å². The van der Waals surface area contributed by atoms with Crippen molar-refractivity contribution in [2.75, 3.05) is 26.2 Å². The molecule has 0 radical (unpaired) electrons. The molecule has 1 N–H and O–H groups in total. The van der Waals surface area contributed by atoms with E-state index in [1.807, 2.05) is 0 Å². The molecular formula is C19H30N2. The molecule has 0 saturated carbocycles. The maximum atomic E-state index is 3.73. The Balaban J connectivity index is 1.62. The van der Waals surface area contributed by atoms with Crippen LogP contribution in [0.25, 0.3) is 0 Å². The van der Waals surface area contributed by atoms with E-state index in [2.05, 4.69) is 48.3 Å². The summed E-state index contributed by atoms with van der Waals surface area (Å²) < 4.78 is 0. The van der Waals surface area contributed by atoms with E-state index < -0.39 is 0 Å². The molecule has 1 saturated heterocycles. The van der Waals surface area contributed by atoms with Crippen LogP contribution >= 0.6 is 0 Å². The van der Waals surface area contributed by atoms with E-state index in [0.717, 1.165) is 6.54 Å². The lowest BCUT2D eigenvalue weighted by atomic mass is 9.74. The van der Waals surface area contributed by atoms with E-state index in [4.69, 9.17) is 0 Å². The highest BCUT2D eigenvalue weighted by Crippen LogP contribution is 2.38. The van der Waals surface area contributed by atoms with Gasteiger partial charge in [0.15, 0.2) is 0 Å². The van der Waals surface area contributed by atoms with Gasteiger partial charge in [0.05, 0.1) is 0 Å². The van der Waals surface area contributed by atoms with Gasteiger partial charge in [0.25, 0.3) is 0 Å². The first-order chi connectivity index (χ1) is 10.3. The van der Waals surface area contributed by atoms with Crippen molar-refractivity contribution < 1.29 is 0 Å². The van der Waals surface area contributed by atoms with Crippen molar-refractivity contribution in [2.45, 2.75) is 52.0 Å². The summed E-state index contributed by atoms with van der Waals surface area (Å²) in [6.45, 7) is 9.62. The van der Waals surface area contributed by atoms with Gasteiger partial charge in [-0.15, -0.1) is 0 Å². The van der Waals surface area contributed by atoms with Crippen LogP contribution in [0.15, 0.2) is 24.3 Å². The van der Waals surface area contributed by atoms with Crippen LogP contribution < -0.4 is 5.32 Å². The minimum Gasteiger partial charge on any atom is -0.309 e. The number of hydrogen-bond donors (Lipinski definition) is 1.